The van der Waals surface area contributed by atoms with Crippen LogP contribution in [-0.4, -0.2) is 50.3 Å². The summed E-state index contributed by atoms with van der Waals surface area (Å²) in [4.78, 5) is 2.45. The van der Waals surface area contributed by atoms with Crippen molar-refractivity contribution < 1.29 is 4.74 Å². The predicted molar refractivity (Wildman–Crippen MR) is 64.2 cm³/mol. The molecule has 0 radical (unpaired) electrons. The van der Waals surface area contributed by atoms with Gasteiger partial charge in [-0.25, -0.2) is 0 Å². The zero-order chi connectivity index (χ0) is 11.3. The Hall–Kier alpha value is -0.120. The third kappa shape index (κ3) is 4.09. The van der Waals surface area contributed by atoms with Gasteiger partial charge in [0.1, 0.15) is 0 Å². The molecule has 0 bridgehead atoms. The van der Waals surface area contributed by atoms with Crippen LogP contribution in [0.1, 0.15) is 27.2 Å². The molecule has 0 saturated carbocycles. The van der Waals surface area contributed by atoms with Crippen molar-refractivity contribution in [2.75, 3.05) is 33.4 Å². The largest absolute Gasteiger partial charge is 0.380 e. The van der Waals surface area contributed by atoms with E-state index in [0.29, 0.717) is 12.1 Å². The molecule has 0 unspecified atom stereocenters. The summed E-state index contributed by atoms with van der Waals surface area (Å²) >= 11 is 0. The van der Waals surface area contributed by atoms with Crippen LogP contribution < -0.4 is 5.32 Å². The van der Waals surface area contributed by atoms with E-state index in [2.05, 4.69) is 31.1 Å². The van der Waals surface area contributed by atoms with Gasteiger partial charge in [0, 0.05) is 31.8 Å². The first-order chi connectivity index (χ1) is 7.15. The Labute approximate surface area is 94.2 Å². The van der Waals surface area contributed by atoms with Gasteiger partial charge in [-0.1, -0.05) is 6.92 Å². The van der Waals surface area contributed by atoms with Crippen molar-refractivity contribution in [3.8, 4) is 0 Å². The number of likely N-dealkylation sites (tertiary alicyclic amines) is 1. The number of rotatable bonds is 5. The maximum Gasteiger partial charge on any atom is 0.0590 e. The molecule has 0 spiro atoms. The molecule has 90 valence electrons. The van der Waals surface area contributed by atoms with E-state index < -0.39 is 0 Å². The van der Waals surface area contributed by atoms with Crippen LogP contribution in [0.5, 0.6) is 0 Å². The lowest BCUT2D eigenvalue weighted by molar-refractivity contribution is 0.107. The summed E-state index contributed by atoms with van der Waals surface area (Å²) in [6.45, 7) is 10.5. The summed E-state index contributed by atoms with van der Waals surface area (Å²) in [5, 5.41) is 3.61. The van der Waals surface area contributed by atoms with Crippen molar-refractivity contribution >= 4 is 0 Å². The molecule has 0 aliphatic carbocycles. The Morgan fingerprint density at radius 1 is 1.40 bits per heavy atom. The molecule has 1 N–H and O–H groups in total. The van der Waals surface area contributed by atoms with Crippen LogP contribution in [0.25, 0.3) is 0 Å². The molecule has 0 amide bonds. The highest BCUT2D eigenvalue weighted by Crippen LogP contribution is 2.20. The minimum Gasteiger partial charge on any atom is -0.380 e. The van der Waals surface area contributed by atoms with E-state index >= 15 is 0 Å². The molecular weight excluding hydrogens is 188 g/mol. The molecule has 1 saturated heterocycles. The van der Waals surface area contributed by atoms with Gasteiger partial charge in [-0.2, -0.15) is 0 Å². The highest BCUT2D eigenvalue weighted by atomic mass is 16.5. The summed E-state index contributed by atoms with van der Waals surface area (Å²) in [5.41, 5.74) is 0. The Balaban J connectivity index is 2.22. The van der Waals surface area contributed by atoms with E-state index in [-0.39, 0.29) is 0 Å². The lowest BCUT2D eigenvalue weighted by Crippen LogP contribution is -2.51. The molecule has 3 nitrogen and oxygen atoms in total. The molecule has 1 heterocycles. The molecule has 0 aromatic heterocycles. The molecule has 0 aromatic rings. The molecule has 3 atom stereocenters. The predicted octanol–water partition coefficient (Wildman–Crippen LogP) is 1.34. The van der Waals surface area contributed by atoms with Gasteiger partial charge >= 0.3 is 0 Å². The lowest BCUT2D eigenvalue weighted by atomic mass is 9.90. The van der Waals surface area contributed by atoms with E-state index in [1.54, 1.807) is 0 Å². The maximum atomic E-state index is 5.33. The second-order valence-electron chi connectivity index (χ2n) is 4.76. The maximum absolute atomic E-state index is 5.33. The van der Waals surface area contributed by atoms with E-state index in [0.717, 1.165) is 25.7 Å². The average molecular weight is 214 g/mol. The van der Waals surface area contributed by atoms with Gasteiger partial charge in [0.2, 0.25) is 0 Å². The quantitative estimate of drug-likeness (QED) is 0.699. The third-order valence-corrected chi connectivity index (χ3v) is 3.47. The number of nitrogens with one attached hydrogen (secondary N) is 1. The Morgan fingerprint density at radius 2 is 2.13 bits per heavy atom. The molecule has 15 heavy (non-hydrogen) atoms. The lowest BCUT2D eigenvalue weighted by Gasteiger charge is -2.40. The average Bonchev–Trinajstić information content (AvgIpc) is 2.20. The SMILES string of the molecule is CCOCCN[C@@H]1C[C@H](C)N(C)C[C@@H]1C. The molecule has 0 aromatic carbocycles. The van der Waals surface area contributed by atoms with Gasteiger partial charge in [-0.05, 0) is 33.2 Å². The van der Waals surface area contributed by atoms with Gasteiger partial charge < -0.3 is 15.0 Å². The number of ether oxygens (including phenoxy) is 1. The van der Waals surface area contributed by atoms with Crippen molar-refractivity contribution in [3.05, 3.63) is 0 Å². The molecule has 1 aliphatic rings. The van der Waals surface area contributed by atoms with E-state index in [4.69, 9.17) is 4.74 Å². The topological polar surface area (TPSA) is 24.5 Å². The zero-order valence-electron chi connectivity index (χ0n) is 10.6. The normalized spacial score (nSPS) is 33.2. The van der Waals surface area contributed by atoms with Gasteiger partial charge in [0.15, 0.2) is 0 Å². The first-order valence-electron chi connectivity index (χ1n) is 6.16. The van der Waals surface area contributed by atoms with Crippen LogP contribution >= 0.6 is 0 Å². The molecule has 3 heteroatoms. The van der Waals surface area contributed by atoms with Crippen LogP contribution in [0.15, 0.2) is 0 Å². The summed E-state index contributed by atoms with van der Waals surface area (Å²) < 4.78 is 5.33. The first-order valence-corrected chi connectivity index (χ1v) is 6.16. The number of piperidine rings is 1. The van der Waals surface area contributed by atoms with E-state index in [1.165, 1.54) is 13.0 Å². The highest BCUT2D eigenvalue weighted by Gasteiger charge is 2.28. The second kappa shape index (κ2) is 6.46. The Kier molecular flexibility index (Phi) is 5.58. The number of hydrogen-bond acceptors (Lipinski definition) is 3. The van der Waals surface area contributed by atoms with Crippen LogP contribution in [0.3, 0.4) is 0 Å². The van der Waals surface area contributed by atoms with Gasteiger partial charge in [-0.3, -0.25) is 0 Å². The fourth-order valence-electron chi connectivity index (χ4n) is 2.29. The highest BCUT2D eigenvalue weighted by molar-refractivity contribution is 4.85. The van der Waals surface area contributed by atoms with Crippen LogP contribution in [0.4, 0.5) is 0 Å². The fourth-order valence-corrected chi connectivity index (χ4v) is 2.29. The van der Waals surface area contributed by atoms with E-state index in [9.17, 15) is 0 Å². The van der Waals surface area contributed by atoms with Crippen LogP contribution in [0.2, 0.25) is 0 Å². The third-order valence-electron chi connectivity index (χ3n) is 3.47. The Bertz CT molecular complexity index is 175. The molecule has 1 rings (SSSR count). The van der Waals surface area contributed by atoms with Crippen molar-refractivity contribution in [2.24, 2.45) is 5.92 Å². The fraction of sp³-hybridized carbons (Fsp3) is 1.00. The van der Waals surface area contributed by atoms with Gasteiger partial charge in [0.25, 0.3) is 0 Å². The summed E-state index contributed by atoms with van der Waals surface area (Å²) in [6, 6.07) is 1.36. The van der Waals surface area contributed by atoms with E-state index in [1.807, 2.05) is 6.92 Å². The van der Waals surface area contributed by atoms with Crippen molar-refractivity contribution in [1.29, 1.82) is 0 Å². The molecular formula is C12H26N2O. The van der Waals surface area contributed by atoms with Crippen molar-refractivity contribution in [1.82, 2.24) is 10.2 Å². The second-order valence-corrected chi connectivity index (χ2v) is 4.76. The summed E-state index contributed by atoms with van der Waals surface area (Å²) in [7, 11) is 2.22. The zero-order valence-corrected chi connectivity index (χ0v) is 10.6. The summed E-state index contributed by atoms with van der Waals surface area (Å²) in [6.07, 6.45) is 1.25. The minimum absolute atomic E-state index is 0.664. The van der Waals surface area contributed by atoms with Crippen molar-refractivity contribution in [2.45, 2.75) is 39.3 Å². The monoisotopic (exact) mass is 214 g/mol. The van der Waals surface area contributed by atoms with Gasteiger partial charge in [-0.15, -0.1) is 0 Å². The van der Waals surface area contributed by atoms with Gasteiger partial charge in [0.05, 0.1) is 6.61 Å². The molecule has 1 aliphatic heterocycles. The van der Waals surface area contributed by atoms with Crippen molar-refractivity contribution in [3.63, 3.8) is 0 Å². The number of nitrogens with zero attached hydrogens (tertiary/aromatic N) is 1. The number of hydrogen-bond donors (Lipinski definition) is 1. The standard InChI is InChI=1S/C12H26N2O/c1-5-15-7-6-13-12-8-11(3)14(4)9-10(12)2/h10-13H,5-9H2,1-4H3/t10-,11-,12+/m0/s1. The molecule has 1 fully saturated rings. The van der Waals surface area contributed by atoms with Crippen LogP contribution in [0, 0.1) is 5.92 Å². The minimum atomic E-state index is 0.664. The Morgan fingerprint density at radius 3 is 2.80 bits per heavy atom. The first kappa shape index (κ1) is 12.9. The van der Waals surface area contributed by atoms with Crippen LogP contribution in [-0.2, 0) is 4.74 Å². The summed E-state index contributed by atoms with van der Waals surface area (Å²) in [5.74, 6) is 0.743. The smallest absolute Gasteiger partial charge is 0.0590 e.